The summed E-state index contributed by atoms with van der Waals surface area (Å²) in [6.07, 6.45) is 1.76. The van der Waals surface area contributed by atoms with E-state index in [1.807, 2.05) is 24.3 Å². The Morgan fingerprint density at radius 1 is 1.10 bits per heavy atom. The summed E-state index contributed by atoms with van der Waals surface area (Å²) in [5.41, 5.74) is 3.09. The van der Waals surface area contributed by atoms with Crippen molar-refractivity contribution in [1.29, 1.82) is 0 Å². The SMILES string of the molecule is CC(Nc1ccc(Cl)c2ncccc12)c1ccc(Br)cc1. The van der Waals surface area contributed by atoms with Gasteiger partial charge in [-0.3, -0.25) is 4.98 Å². The van der Waals surface area contributed by atoms with Crippen LogP contribution in [0.5, 0.6) is 0 Å². The van der Waals surface area contributed by atoms with Crippen LogP contribution in [-0.2, 0) is 0 Å². The molecule has 1 N–H and O–H groups in total. The average Bonchev–Trinajstić information content (AvgIpc) is 2.51. The lowest BCUT2D eigenvalue weighted by molar-refractivity contribution is 0.886. The molecular formula is C17H14BrClN2. The van der Waals surface area contributed by atoms with Gasteiger partial charge in [-0.1, -0.05) is 39.7 Å². The van der Waals surface area contributed by atoms with Gasteiger partial charge in [0.2, 0.25) is 0 Å². The molecule has 0 saturated heterocycles. The fourth-order valence-electron chi connectivity index (χ4n) is 2.33. The molecule has 1 aromatic heterocycles. The van der Waals surface area contributed by atoms with E-state index in [9.17, 15) is 0 Å². The zero-order chi connectivity index (χ0) is 14.8. The predicted molar refractivity (Wildman–Crippen MR) is 92.9 cm³/mol. The van der Waals surface area contributed by atoms with Crippen molar-refractivity contribution in [3.63, 3.8) is 0 Å². The van der Waals surface area contributed by atoms with Crippen LogP contribution in [-0.4, -0.2) is 4.98 Å². The highest BCUT2D eigenvalue weighted by molar-refractivity contribution is 9.10. The number of fused-ring (bicyclic) bond motifs is 1. The van der Waals surface area contributed by atoms with Crippen LogP contribution in [0, 0.1) is 0 Å². The molecule has 0 fully saturated rings. The topological polar surface area (TPSA) is 24.9 Å². The summed E-state index contributed by atoms with van der Waals surface area (Å²) in [5, 5.41) is 5.24. The van der Waals surface area contributed by atoms with Gasteiger partial charge in [0.15, 0.2) is 0 Å². The van der Waals surface area contributed by atoms with Crippen LogP contribution in [0.4, 0.5) is 5.69 Å². The summed E-state index contributed by atoms with van der Waals surface area (Å²) in [7, 11) is 0. The third-order valence-corrected chi connectivity index (χ3v) is 4.30. The van der Waals surface area contributed by atoms with Gasteiger partial charge in [0.05, 0.1) is 10.5 Å². The normalized spacial score (nSPS) is 12.3. The van der Waals surface area contributed by atoms with Crippen molar-refractivity contribution in [1.82, 2.24) is 4.98 Å². The molecule has 0 amide bonds. The lowest BCUT2D eigenvalue weighted by atomic mass is 10.1. The van der Waals surface area contributed by atoms with E-state index in [1.54, 1.807) is 6.20 Å². The Hall–Kier alpha value is -1.58. The molecule has 1 atom stereocenters. The second-order valence-corrected chi connectivity index (χ2v) is 6.23. The quantitative estimate of drug-likeness (QED) is 0.635. The van der Waals surface area contributed by atoms with Gasteiger partial charge in [-0.15, -0.1) is 0 Å². The molecule has 1 unspecified atom stereocenters. The maximum Gasteiger partial charge on any atom is 0.0908 e. The number of hydrogen-bond acceptors (Lipinski definition) is 2. The molecule has 0 bridgehead atoms. The van der Waals surface area contributed by atoms with Crippen molar-refractivity contribution in [3.8, 4) is 0 Å². The van der Waals surface area contributed by atoms with Gasteiger partial charge in [-0.05, 0) is 48.9 Å². The zero-order valence-corrected chi connectivity index (χ0v) is 13.8. The third kappa shape index (κ3) is 3.04. The number of pyridine rings is 1. The Bertz CT molecular complexity index is 771. The highest BCUT2D eigenvalue weighted by Gasteiger charge is 2.09. The molecule has 3 aromatic rings. The summed E-state index contributed by atoms with van der Waals surface area (Å²) in [6.45, 7) is 2.14. The summed E-state index contributed by atoms with van der Waals surface area (Å²) in [6, 6.07) is 16.4. The summed E-state index contributed by atoms with van der Waals surface area (Å²) < 4.78 is 1.08. The van der Waals surface area contributed by atoms with Gasteiger partial charge in [-0.2, -0.15) is 0 Å². The third-order valence-electron chi connectivity index (χ3n) is 3.46. The van der Waals surface area contributed by atoms with Crippen molar-refractivity contribution < 1.29 is 0 Å². The van der Waals surface area contributed by atoms with Crippen molar-refractivity contribution in [3.05, 3.63) is 69.8 Å². The summed E-state index contributed by atoms with van der Waals surface area (Å²) >= 11 is 9.66. The van der Waals surface area contributed by atoms with Gasteiger partial charge in [0.1, 0.15) is 0 Å². The minimum Gasteiger partial charge on any atom is -0.378 e. The largest absolute Gasteiger partial charge is 0.378 e. The van der Waals surface area contributed by atoms with Crippen molar-refractivity contribution >= 4 is 44.1 Å². The van der Waals surface area contributed by atoms with Crippen molar-refractivity contribution in [2.75, 3.05) is 5.32 Å². The monoisotopic (exact) mass is 360 g/mol. The molecule has 0 aliphatic heterocycles. The molecule has 0 aliphatic carbocycles. The van der Waals surface area contributed by atoms with Gasteiger partial charge in [0.25, 0.3) is 0 Å². The maximum absolute atomic E-state index is 6.20. The first kappa shape index (κ1) is 14.4. The molecule has 0 radical (unpaired) electrons. The Labute approximate surface area is 137 Å². The van der Waals surface area contributed by atoms with E-state index in [0.29, 0.717) is 5.02 Å². The van der Waals surface area contributed by atoms with Crippen molar-refractivity contribution in [2.24, 2.45) is 0 Å². The fourth-order valence-corrected chi connectivity index (χ4v) is 2.81. The van der Waals surface area contributed by atoms with Gasteiger partial charge in [-0.25, -0.2) is 0 Å². The molecule has 2 nitrogen and oxygen atoms in total. The highest BCUT2D eigenvalue weighted by atomic mass is 79.9. The van der Waals surface area contributed by atoms with Crippen LogP contribution in [0.1, 0.15) is 18.5 Å². The molecule has 3 rings (SSSR count). The van der Waals surface area contributed by atoms with Gasteiger partial charge >= 0.3 is 0 Å². The average molecular weight is 362 g/mol. The fraction of sp³-hybridized carbons (Fsp3) is 0.118. The van der Waals surface area contributed by atoms with Crippen molar-refractivity contribution in [2.45, 2.75) is 13.0 Å². The number of rotatable bonds is 3. The molecule has 4 heteroatoms. The predicted octanol–water partition coefficient (Wildman–Crippen LogP) is 5.82. The van der Waals surface area contributed by atoms with Crippen LogP contribution >= 0.6 is 27.5 Å². The number of halogens is 2. The lowest BCUT2D eigenvalue weighted by Crippen LogP contribution is -2.07. The molecule has 106 valence electrons. The zero-order valence-electron chi connectivity index (χ0n) is 11.5. The molecule has 0 spiro atoms. The van der Waals surface area contributed by atoms with E-state index in [4.69, 9.17) is 11.6 Å². The Balaban J connectivity index is 1.95. The lowest BCUT2D eigenvalue weighted by Gasteiger charge is -2.17. The van der Waals surface area contributed by atoms with Gasteiger partial charge < -0.3 is 5.32 Å². The molecular weight excluding hydrogens is 348 g/mol. The van der Waals surface area contributed by atoms with Crippen LogP contribution in [0.15, 0.2) is 59.2 Å². The standard InChI is InChI=1S/C17H14BrClN2/c1-11(12-4-6-13(18)7-5-12)21-16-9-8-15(19)17-14(16)3-2-10-20-17/h2-11,21H,1H3. The maximum atomic E-state index is 6.20. The Kier molecular flexibility index (Phi) is 4.13. The first-order chi connectivity index (χ1) is 10.1. The number of aromatic nitrogens is 1. The minimum absolute atomic E-state index is 0.197. The number of benzene rings is 2. The second kappa shape index (κ2) is 6.04. The van der Waals surface area contributed by atoms with Crippen LogP contribution in [0.2, 0.25) is 5.02 Å². The molecule has 21 heavy (non-hydrogen) atoms. The van der Waals surface area contributed by atoms with Crippen LogP contribution in [0.25, 0.3) is 10.9 Å². The van der Waals surface area contributed by atoms with E-state index in [0.717, 1.165) is 21.1 Å². The van der Waals surface area contributed by atoms with E-state index in [1.165, 1.54) is 5.56 Å². The minimum atomic E-state index is 0.197. The number of hydrogen-bond donors (Lipinski definition) is 1. The first-order valence-electron chi connectivity index (χ1n) is 6.70. The summed E-state index contributed by atoms with van der Waals surface area (Å²) in [4.78, 5) is 4.35. The first-order valence-corrected chi connectivity index (χ1v) is 7.87. The highest BCUT2D eigenvalue weighted by Crippen LogP contribution is 2.30. The van der Waals surface area contributed by atoms with E-state index < -0.39 is 0 Å². The number of nitrogens with one attached hydrogen (secondary N) is 1. The van der Waals surface area contributed by atoms with E-state index >= 15 is 0 Å². The molecule has 0 saturated carbocycles. The molecule has 2 aromatic carbocycles. The van der Waals surface area contributed by atoms with E-state index in [-0.39, 0.29) is 6.04 Å². The molecule has 1 heterocycles. The molecule has 0 aliphatic rings. The Morgan fingerprint density at radius 2 is 1.86 bits per heavy atom. The Morgan fingerprint density at radius 3 is 2.62 bits per heavy atom. The number of anilines is 1. The van der Waals surface area contributed by atoms with Crippen LogP contribution < -0.4 is 5.32 Å². The van der Waals surface area contributed by atoms with Crippen LogP contribution in [0.3, 0.4) is 0 Å². The van der Waals surface area contributed by atoms with E-state index in [2.05, 4.69) is 57.4 Å². The smallest absolute Gasteiger partial charge is 0.0908 e. The number of nitrogens with zero attached hydrogens (tertiary/aromatic N) is 1. The second-order valence-electron chi connectivity index (χ2n) is 4.91. The van der Waals surface area contributed by atoms with Gasteiger partial charge in [0, 0.05) is 27.8 Å². The summed E-state index contributed by atoms with van der Waals surface area (Å²) in [5.74, 6) is 0.